The van der Waals surface area contributed by atoms with Crippen molar-refractivity contribution in [1.29, 1.82) is 0 Å². The lowest BCUT2D eigenvalue weighted by Gasteiger charge is -2.39. The highest BCUT2D eigenvalue weighted by Crippen LogP contribution is 2.39. The normalized spacial score (nSPS) is 15.6. The molecule has 5 heteroatoms. The molecule has 0 saturated heterocycles. The van der Waals surface area contributed by atoms with Crippen molar-refractivity contribution >= 4 is 25.7 Å². The van der Waals surface area contributed by atoms with E-state index < -0.39 is 20.5 Å². The van der Waals surface area contributed by atoms with Gasteiger partial charge >= 0.3 is 0 Å². The van der Waals surface area contributed by atoms with Crippen molar-refractivity contribution in [2.75, 3.05) is 0 Å². The van der Waals surface area contributed by atoms with Crippen molar-refractivity contribution in [3.63, 3.8) is 0 Å². The minimum atomic E-state index is -2.14. The van der Waals surface area contributed by atoms with Crippen molar-refractivity contribution in [2.24, 2.45) is 0 Å². The Morgan fingerprint density at radius 1 is 1.24 bits per heavy atom. The number of ketones is 1. The molecular weight excluding hydrogens is 304 g/mol. The van der Waals surface area contributed by atoms with Gasteiger partial charge in [0.1, 0.15) is 12.2 Å². The summed E-state index contributed by atoms with van der Waals surface area (Å²) < 4.78 is 6.12. The first-order chi connectivity index (χ1) is 9.45. The number of carbonyl (C=O) groups excluding carboxylic acids is 1. The molecule has 0 aromatic heterocycles. The fourth-order valence-corrected chi connectivity index (χ4v) is 3.11. The first-order valence-corrected chi connectivity index (χ1v) is 10.4. The minimum absolute atomic E-state index is 0.0274. The van der Waals surface area contributed by atoms with Crippen LogP contribution in [0.5, 0.6) is 0 Å². The quantitative estimate of drug-likeness (QED) is 0.817. The van der Waals surface area contributed by atoms with Crippen LogP contribution in [0.15, 0.2) is 24.3 Å². The summed E-state index contributed by atoms with van der Waals surface area (Å²) in [5.41, 5.74) is 0.637. The van der Waals surface area contributed by atoms with E-state index in [2.05, 4.69) is 33.9 Å². The zero-order valence-corrected chi connectivity index (χ0v) is 15.4. The highest BCUT2D eigenvalue weighted by molar-refractivity contribution is 6.74. The van der Waals surface area contributed by atoms with E-state index in [0.29, 0.717) is 10.6 Å². The molecule has 0 aliphatic heterocycles. The molecule has 1 aromatic rings. The predicted octanol–water partition coefficient (Wildman–Crippen LogP) is 4.35. The Labute approximate surface area is 133 Å². The van der Waals surface area contributed by atoms with Crippen molar-refractivity contribution in [2.45, 2.75) is 58.0 Å². The van der Waals surface area contributed by atoms with E-state index in [4.69, 9.17) is 16.0 Å². The van der Waals surface area contributed by atoms with E-state index in [1.807, 2.05) is 0 Å². The lowest BCUT2D eigenvalue weighted by atomic mass is 10.0. The van der Waals surface area contributed by atoms with Gasteiger partial charge in [-0.2, -0.15) is 0 Å². The van der Waals surface area contributed by atoms with E-state index in [-0.39, 0.29) is 10.8 Å². The Hall–Kier alpha value is -0.683. The third kappa shape index (κ3) is 4.64. The van der Waals surface area contributed by atoms with Gasteiger partial charge in [-0.25, -0.2) is 0 Å². The first-order valence-electron chi connectivity index (χ1n) is 7.07. The molecule has 0 unspecified atom stereocenters. The molecule has 0 heterocycles. The molecule has 0 aliphatic carbocycles. The van der Waals surface area contributed by atoms with Gasteiger partial charge in [0.05, 0.1) is 0 Å². The number of rotatable bonds is 5. The monoisotopic (exact) mass is 328 g/mol. The van der Waals surface area contributed by atoms with Crippen molar-refractivity contribution in [3.8, 4) is 0 Å². The second kappa shape index (κ2) is 6.61. The molecule has 0 spiro atoms. The third-order valence-electron chi connectivity index (χ3n) is 4.13. The van der Waals surface area contributed by atoms with Gasteiger partial charge in [-0.1, -0.05) is 44.5 Å². The largest absolute Gasteiger partial charge is 0.404 e. The summed E-state index contributed by atoms with van der Waals surface area (Å²) in [6, 6.07) is 6.84. The molecule has 1 rings (SSSR count). The zero-order chi connectivity index (χ0) is 16.4. The van der Waals surface area contributed by atoms with E-state index in [1.54, 1.807) is 24.3 Å². The highest BCUT2D eigenvalue weighted by atomic mass is 35.5. The van der Waals surface area contributed by atoms with E-state index in [0.717, 1.165) is 0 Å². The van der Waals surface area contributed by atoms with Gasteiger partial charge < -0.3 is 9.53 Å². The summed E-state index contributed by atoms with van der Waals surface area (Å²) in [5.74, 6) is -0.165. The van der Waals surface area contributed by atoms with Crippen LogP contribution in [0.1, 0.15) is 39.4 Å². The van der Waals surface area contributed by atoms with Crippen LogP contribution in [-0.4, -0.2) is 25.3 Å². The molecule has 3 nitrogen and oxygen atoms in total. The van der Waals surface area contributed by atoms with Crippen LogP contribution >= 0.6 is 11.6 Å². The maximum atomic E-state index is 11.9. The van der Waals surface area contributed by atoms with Gasteiger partial charge in [0.25, 0.3) is 0 Å². The Kier molecular flexibility index (Phi) is 5.78. The summed E-state index contributed by atoms with van der Waals surface area (Å²) in [5, 5.41) is 11.1. The molecule has 1 N–H and O–H groups in total. The van der Waals surface area contributed by atoms with E-state index in [1.165, 1.54) is 6.92 Å². The number of hydrogen-bond donors (Lipinski definition) is 1. The van der Waals surface area contributed by atoms with Gasteiger partial charge in [-0.15, -0.1) is 0 Å². The molecule has 0 amide bonds. The van der Waals surface area contributed by atoms with Crippen LogP contribution in [-0.2, 0) is 9.22 Å². The van der Waals surface area contributed by atoms with Crippen LogP contribution in [0.2, 0.25) is 23.2 Å². The Morgan fingerprint density at radius 2 is 1.71 bits per heavy atom. The van der Waals surface area contributed by atoms with Gasteiger partial charge in [-0.05, 0) is 42.8 Å². The maximum Gasteiger partial charge on any atom is 0.193 e. The third-order valence-corrected chi connectivity index (χ3v) is 8.83. The first kappa shape index (κ1) is 18.4. The second-order valence-corrected chi connectivity index (χ2v) is 12.1. The van der Waals surface area contributed by atoms with E-state index in [9.17, 15) is 9.90 Å². The van der Waals surface area contributed by atoms with Gasteiger partial charge in [-0.3, -0.25) is 4.79 Å². The van der Waals surface area contributed by atoms with Crippen molar-refractivity contribution in [1.82, 2.24) is 0 Å². The van der Waals surface area contributed by atoms with Crippen molar-refractivity contribution in [3.05, 3.63) is 34.9 Å². The number of halogens is 1. The summed E-state index contributed by atoms with van der Waals surface area (Å²) in [6.45, 7) is 11.9. The number of benzene rings is 1. The molecule has 21 heavy (non-hydrogen) atoms. The van der Waals surface area contributed by atoms with Crippen LogP contribution in [0.4, 0.5) is 0 Å². The molecule has 0 radical (unpaired) electrons. The van der Waals surface area contributed by atoms with E-state index >= 15 is 0 Å². The summed E-state index contributed by atoms with van der Waals surface area (Å²) in [6.07, 6.45) is -1.82. The standard InChI is InChI=1S/C16H25ClO3Si/c1-11(18)15(20-21(5,6)16(2,3)4)14(19)12-7-9-13(17)10-8-12/h7-10,14-15,19H,1-6H3/t14-,15-/m0/s1. The van der Waals surface area contributed by atoms with Gasteiger partial charge in [0, 0.05) is 5.02 Å². The fraction of sp³-hybridized carbons (Fsp3) is 0.562. The van der Waals surface area contributed by atoms with Crippen molar-refractivity contribution < 1.29 is 14.3 Å². The molecule has 0 bridgehead atoms. The summed E-state index contributed by atoms with van der Waals surface area (Å²) in [4.78, 5) is 11.9. The smallest absolute Gasteiger partial charge is 0.193 e. The van der Waals surface area contributed by atoms with Gasteiger partial charge in [0.2, 0.25) is 0 Å². The summed E-state index contributed by atoms with van der Waals surface area (Å²) >= 11 is 5.85. The van der Waals surface area contributed by atoms with Gasteiger partial charge in [0.15, 0.2) is 14.1 Å². The summed E-state index contributed by atoms with van der Waals surface area (Å²) in [7, 11) is -2.14. The van der Waals surface area contributed by atoms with Crippen LogP contribution < -0.4 is 0 Å². The predicted molar refractivity (Wildman–Crippen MR) is 89.2 cm³/mol. The lowest BCUT2D eigenvalue weighted by molar-refractivity contribution is -0.129. The molecule has 0 saturated carbocycles. The second-order valence-electron chi connectivity index (χ2n) is 6.91. The molecule has 1 aromatic carbocycles. The Morgan fingerprint density at radius 3 is 2.10 bits per heavy atom. The number of aliphatic hydroxyl groups is 1. The number of aliphatic hydroxyl groups excluding tert-OH is 1. The highest BCUT2D eigenvalue weighted by Gasteiger charge is 2.42. The number of Topliss-reactive ketones (excluding diaryl/α,β-unsaturated/α-hetero) is 1. The zero-order valence-electron chi connectivity index (χ0n) is 13.6. The Balaban J connectivity index is 3.02. The molecule has 0 aliphatic rings. The molecular formula is C16H25ClO3Si. The molecule has 0 fully saturated rings. The SMILES string of the molecule is CC(=O)[C@H](O[Si](C)(C)C(C)(C)C)[C@@H](O)c1ccc(Cl)cc1. The Bertz CT molecular complexity index is 491. The maximum absolute atomic E-state index is 11.9. The molecule has 2 atom stereocenters. The average molecular weight is 329 g/mol. The molecule has 118 valence electrons. The number of hydrogen-bond acceptors (Lipinski definition) is 3. The minimum Gasteiger partial charge on any atom is -0.404 e. The topological polar surface area (TPSA) is 46.5 Å². The van der Waals surface area contributed by atoms with Crippen LogP contribution in [0.25, 0.3) is 0 Å². The fourth-order valence-electron chi connectivity index (χ4n) is 1.70. The van der Waals surface area contributed by atoms with Crippen LogP contribution in [0.3, 0.4) is 0 Å². The average Bonchev–Trinajstić information content (AvgIpc) is 2.34. The lowest BCUT2D eigenvalue weighted by Crippen LogP contribution is -2.47. The number of carbonyl (C=O) groups is 1. The van der Waals surface area contributed by atoms with Crippen LogP contribution in [0, 0.1) is 0 Å².